The van der Waals surface area contributed by atoms with Crippen LogP contribution >= 0.6 is 11.6 Å². The number of alkyl halides is 1. The number of hydrogen-bond acceptors (Lipinski definition) is 3. The van der Waals surface area contributed by atoms with Crippen molar-refractivity contribution >= 4 is 27.1 Å². The Kier molecular flexibility index (Phi) is 5.33. The molecule has 112 valence electrons. The summed E-state index contributed by atoms with van der Waals surface area (Å²) in [5.41, 5.74) is 0.851. The van der Waals surface area contributed by atoms with E-state index in [1.807, 2.05) is 12.1 Å². The first-order valence-electron chi connectivity index (χ1n) is 7.24. The lowest BCUT2D eigenvalue weighted by Gasteiger charge is -2.38. The van der Waals surface area contributed by atoms with Crippen LogP contribution in [-0.4, -0.2) is 32.6 Å². The minimum absolute atomic E-state index is 0.137. The Morgan fingerprint density at radius 3 is 2.75 bits per heavy atom. The molecule has 1 atom stereocenters. The maximum absolute atomic E-state index is 12.3. The van der Waals surface area contributed by atoms with Crippen molar-refractivity contribution in [1.29, 1.82) is 0 Å². The SMILES string of the molecule is CCS(=O)(=O)c1ccccc1N1CCCCC1CCCl. The lowest BCUT2D eigenvalue weighted by Crippen LogP contribution is -2.40. The van der Waals surface area contributed by atoms with Crippen LogP contribution in [0.25, 0.3) is 0 Å². The molecule has 0 bridgehead atoms. The topological polar surface area (TPSA) is 37.4 Å². The van der Waals surface area contributed by atoms with Gasteiger partial charge in [-0.05, 0) is 37.8 Å². The number of hydrogen-bond donors (Lipinski definition) is 0. The maximum Gasteiger partial charge on any atom is 0.180 e. The number of anilines is 1. The summed E-state index contributed by atoms with van der Waals surface area (Å²) in [5, 5.41) is 0. The highest BCUT2D eigenvalue weighted by Gasteiger charge is 2.26. The third-order valence-electron chi connectivity index (χ3n) is 3.96. The molecular formula is C15H22ClNO2S. The van der Waals surface area contributed by atoms with E-state index in [1.165, 1.54) is 6.42 Å². The van der Waals surface area contributed by atoms with Crippen LogP contribution in [0.4, 0.5) is 5.69 Å². The number of piperidine rings is 1. The Labute approximate surface area is 126 Å². The van der Waals surface area contributed by atoms with Crippen LogP contribution in [0.1, 0.15) is 32.6 Å². The second-order valence-corrected chi connectivity index (χ2v) is 7.82. The summed E-state index contributed by atoms with van der Waals surface area (Å²) in [6.45, 7) is 2.61. The predicted octanol–water partition coefficient (Wildman–Crippen LogP) is 3.47. The van der Waals surface area contributed by atoms with Crippen molar-refractivity contribution in [3.63, 3.8) is 0 Å². The molecule has 0 aliphatic carbocycles. The molecule has 0 radical (unpaired) electrons. The van der Waals surface area contributed by atoms with Gasteiger partial charge in [-0.1, -0.05) is 19.1 Å². The van der Waals surface area contributed by atoms with Crippen LogP contribution in [0.15, 0.2) is 29.2 Å². The summed E-state index contributed by atoms with van der Waals surface area (Å²) in [4.78, 5) is 2.71. The normalized spacial score (nSPS) is 20.1. The smallest absolute Gasteiger partial charge is 0.180 e. The third-order valence-corrected chi connectivity index (χ3v) is 5.95. The molecule has 0 saturated carbocycles. The van der Waals surface area contributed by atoms with Gasteiger partial charge in [0.05, 0.1) is 16.3 Å². The van der Waals surface area contributed by atoms with E-state index < -0.39 is 9.84 Å². The molecule has 1 aromatic carbocycles. The quantitative estimate of drug-likeness (QED) is 0.781. The number of nitrogens with zero attached hydrogens (tertiary/aromatic N) is 1. The molecule has 0 amide bonds. The third kappa shape index (κ3) is 3.29. The molecule has 1 fully saturated rings. The van der Waals surface area contributed by atoms with Crippen molar-refractivity contribution < 1.29 is 8.42 Å². The molecule has 5 heteroatoms. The molecule has 0 aromatic heterocycles. The van der Waals surface area contributed by atoms with Crippen LogP contribution in [0.5, 0.6) is 0 Å². The van der Waals surface area contributed by atoms with Gasteiger partial charge < -0.3 is 4.90 Å². The molecule has 1 aliphatic rings. The van der Waals surface area contributed by atoms with E-state index in [0.29, 0.717) is 16.8 Å². The second-order valence-electron chi connectivity index (χ2n) is 5.19. The zero-order valence-corrected chi connectivity index (χ0v) is 13.5. The molecule has 2 rings (SSSR count). The van der Waals surface area contributed by atoms with Gasteiger partial charge in [0.15, 0.2) is 9.84 Å². The summed E-state index contributed by atoms with van der Waals surface area (Å²) in [6.07, 6.45) is 4.30. The summed E-state index contributed by atoms with van der Waals surface area (Å²) >= 11 is 5.90. The van der Waals surface area contributed by atoms with Gasteiger partial charge in [0.25, 0.3) is 0 Å². The molecule has 1 heterocycles. The van der Waals surface area contributed by atoms with Gasteiger partial charge >= 0.3 is 0 Å². The van der Waals surface area contributed by atoms with Crippen LogP contribution in [0.2, 0.25) is 0 Å². The summed E-state index contributed by atoms with van der Waals surface area (Å²) in [5.74, 6) is 0.752. The minimum Gasteiger partial charge on any atom is -0.367 e. The number of benzene rings is 1. The Bertz CT molecular complexity index is 543. The first kappa shape index (κ1) is 15.6. The highest BCUT2D eigenvalue weighted by Crippen LogP contribution is 2.32. The average Bonchev–Trinajstić information content (AvgIpc) is 2.48. The lowest BCUT2D eigenvalue weighted by atomic mass is 9.99. The molecule has 1 aromatic rings. The van der Waals surface area contributed by atoms with Crippen molar-refractivity contribution in [1.82, 2.24) is 0 Å². The lowest BCUT2D eigenvalue weighted by molar-refractivity contribution is 0.449. The minimum atomic E-state index is -3.19. The van der Waals surface area contributed by atoms with E-state index in [1.54, 1.807) is 19.1 Å². The summed E-state index contributed by atoms with van der Waals surface area (Å²) in [6, 6.07) is 7.72. The molecule has 20 heavy (non-hydrogen) atoms. The van der Waals surface area contributed by atoms with Gasteiger partial charge in [0.1, 0.15) is 0 Å². The van der Waals surface area contributed by atoms with E-state index in [2.05, 4.69) is 4.90 Å². The van der Waals surface area contributed by atoms with E-state index in [-0.39, 0.29) is 5.75 Å². The maximum atomic E-state index is 12.3. The van der Waals surface area contributed by atoms with Gasteiger partial charge in [-0.3, -0.25) is 0 Å². The number of sulfone groups is 1. The largest absolute Gasteiger partial charge is 0.367 e. The monoisotopic (exact) mass is 315 g/mol. The van der Waals surface area contributed by atoms with Crippen LogP contribution in [-0.2, 0) is 9.84 Å². The van der Waals surface area contributed by atoms with E-state index in [4.69, 9.17) is 11.6 Å². The second kappa shape index (κ2) is 6.81. The fraction of sp³-hybridized carbons (Fsp3) is 0.600. The van der Waals surface area contributed by atoms with E-state index in [9.17, 15) is 8.42 Å². The molecule has 0 spiro atoms. The number of halogens is 1. The highest BCUT2D eigenvalue weighted by molar-refractivity contribution is 7.91. The van der Waals surface area contributed by atoms with E-state index in [0.717, 1.165) is 31.5 Å². The van der Waals surface area contributed by atoms with Gasteiger partial charge in [-0.15, -0.1) is 11.6 Å². The van der Waals surface area contributed by atoms with Gasteiger partial charge in [-0.25, -0.2) is 8.42 Å². The van der Waals surface area contributed by atoms with Gasteiger partial charge in [-0.2, -0.15) is 0 Å². The Morgan fingerprint density at radius 1 is 1.30 bits per heavy atom. The highest BCUT2D eigenvalue weighted by atomic mass is 35.5. The predicted molar refractivity (Wildman–Crippen MR) is 84.5 cm³/mol. The fourth-order valence-electron chi connectivity index (χ4n) is 2.86. The molecule has 1 aliphatic heterocycles. The number of rotatable bonds is 5. The standard InChI is InChI=1S/C15H22ClNO2S/c1-2-20(18,19)15-9-4-3-8-14(15)17-12-6-5-7-13(17)10-11-16/h3-4,8-9,13H,2,5-7,10-12H2,1H3. The van der Waals surface area contributed by atoms with Gasteiger partial charge in [0, 0.05) is 18.5 Å². The fourth-order valence-corrected chi connectivity index (χ4v) is 4.21. The van der Waals surface area contributed by atoms with Gasteiger partial charge in [0.2, 0.25) is 0 Å². The zero-order chi connectivity index (χ0) is 14.6. The van der Waals surface area contributed by atoms with E-state index >= 15 is 0 Å². The molecule has 0 N–H and O–H groups in total. The molecule has 1 unspecified atom stereocenters. The van der Waals surface area contributed by atoms with Crippen molar-refractivity contribution in [2.24, 2.45) is 0 Å². The Morgan fingerprint density at radius 2 is 2.05 bits per heavy atom. The first-order valence-corrected chi connectivity index (χ1v) is 9.43. The Hall–Kier alpha value is -0.740. The molecule has 3 nitrogen and oxygen atoms in total. The van der Waals surface area contributed by atoms with Crippen molar-refractivity contribution in [3.05, 3.63) is 24.3 Å². The summed E-state index contributed by atoms with van der Waals surface area (Å²) in [7, 11) is -3.19. The van der Waals surface area contributed by atoms with Crippen molar-refractivity contribution in [2.75, 3.05) is 23.1 Å². The average molecular weight is 316 g/mol. The summed E-state index contributed by atoms with van der Waals surface area (Å²) < 4.78 is 24.6. The Balaban J connectivity index is 2.40. The van der Waals surface area contributed by atoms with Crippen molar-refractivity contribution in [2.45, 2.75) is 43.5 Å². The van der Waals surface area contributed by atoms with Crippen molar-refractivity contribution in [3.8, 4) is 0 Å². The molecule has 1 saturated heterocycles. The first-order chi connectivity index (χ1) is 9.60. The van der Waals surface area contributed by atoms with Crippen LogP contribution in [0.3, 0.4) is 0 Å². The van der Waals surface area contributed by atoms with Crippen LogP contribution < -0.4 is 4.90 Å². The zero-order valence-electron chi connectivity index (χ0n) is 11.9. The number of para-hydroxylation sites is 1. The van der Waals surface area contributed by atoms with Crippen LogP contribution in [0, 0.1) is 0 Å². The molecular weight excluding hydrogens is 294 g/mol.